The second-order valence-electron chi connectivity index (χ2n) is 5.14. The van der Waals surface area contributed by atoms with Gasteiger partial charge in [0.15, 0.2) is 5.82 Å². The molecule has 1 aromatic carbocycles. The van der Waals surface area contributed by atoms with Gasteiger partial charge in [0.1, 0.15) is 0 Å². The highest BCUT2D eigenvalue weighted by molar-refractivity contribution is 5.56. The lowest BCUT2D eigenvalue weighted by Gasteiger charge is -2.20. The SMILES string of the molecule is C[C@@H](c1ccc(-c2nc(C(F)(F)F)nn2C)cc1)N(C)C. The molecule has 0 saturated heterocycles. The van der Waals surface area contributed by atoms with Gasteiger partial charge >= 0.3 is 6.18 Å². The van der Waals surface area contributed by atoms with E-state index in [0.717, 1.165) is 10.2 Å². The summed E-state index contributed by atoms with van der Waals surface area (Å²) in [6, 6.07) is 7.53. The molecule has 1 atom stereocenters. The molecule has 7 heteroatoms. The Morgan fingerprint density at radius 2 is 1.71 bits per heavy atom. The zero-order valence-electron chi connectivity index (χ0n) is 12.3. The molecule has 114 valence electrons. The number of aryl methyl sites for hydroxylation is 1. The van der Waals surface area contributed by atoms with Crippen LogP contribution < -0.4 is 0 Å². The van der Waals surface area contributed by atoms with Crippen molar-refractivity contribution in [1.29, 1.82) is 0 Å². The van der Waals surface area contributed by atoms with Gasteiger partial charge in [-0.1, -0.05) is 24.3 Å². The molecule has 0 spiro atoms. The van der Waals surface area contributed by atoms with Gasteiger partial charge in [-0.25, -0.2) is 9.67 Å². The van der Waals surface area contributed by atoms with Gasteiger partial charge in [0.2, 0.25) is 0 Å². The number of alkyl halides is 3. The Morgan fingerprint density at radius 3 is 2.14 bits per heavy atom. The number of rotatable bonds is 3. The lowest BCUT2D eigenvalue weighted by molar-refractivity contribution is -0.144. The van der Waals surface area contributed by atoms with Crippen LogP contribution in [0.15, 0.2) is 24.3 Å². The van der Waals surface area contributed by atoms with E-state index < -0.39 is 12.0 Å². The Balaban J connectivity index is 2.33. The molecule has 0 amide bonds. The molecular formula is C14H17F3N4. The third-order valence-corrected chi connectivity index (χ3v) is 3.44. The van der Waals surface area contributed by atoms with Gasteiger partial charge in [-0.15, -0.1) is 5.10 Å². The first kappa shape index (κ1) is 15.5. The van der Waals surface area contributed by atoms with Crippen LogP contribution in [0.3, 0.4) is 0 Å². The third-order valence-electron chi connectivity index (χ3n) is 3.44. The van der Waals surface area contributed by atoms with Crippen LogP contribution in [0.4, 0.5) is 13.2 Å². The second kappa shape index (κ2) is 5.48. The highest BCUT2D eigenvalue weighted by Gasteiger charge is 2.36. The summed E-state index contributed by atoms with van der Waals surface area (Å²) in [6.07, 6.45) is -4.53. The molecule has 0 aliphatic carbocycles. The van der Waals surface area contributed by atoms with E-state index >= 15 is 0 Å². The summed E-state index contributed by atoms with van der Waals surface area (Å²) in [5, 5.41) is 3.42. The zero-order valence-corrected chi connectivity index (χ0v) is 12.3. The first-order valence-electron chi connectivity index (χ1n) is 6.45. The first-order valence-corrected chi connectivity index (χ1v) is 6.45. The van der Waals surface area contributed by atoms with Crippen molar-refractivity contribution < 1.29 is 13.2 Å². The largest absolute Gasteiger partial charge is 0.453 e. The van der Waals surface area contributed by atoms with Crippen LogP contribution in [0.2, 0.25) is 0 Å². The van der Waals surface area contributed by atoms with Crippen molar-refractivity contribution in [3.8, 4) is 11.4 Å². The summed E-state index contributed by atoms with van der Waals surface area (Å²) in [6.45, 7) is 2.05. The van der Waals surface area contributed by atoms with Gasteiger partial charge in [-0.3, -0.25) is 0 Å². The molecule has 2 aromatic rings. The Labute approximate surface area is 121 Å². The molecule has 0 N–H and O–H groups in total. The Bertz CT molecular complexity index is 614. The fourth-order valence-electron chi connectivity index (χ4n) is 1.96. The number of benzene rings is 1. The molecule has 0 radical (unpaired) electrons. The van der Waals surface area contributed by atoms with Gasteiger partial charge < -0.3 is 4.90 Å². The molecule has 0 saturated carbocycles. The van der Waals surface area contributed by atoms with E-state index in [1.807, 2.05) is 26.2 Å². The van der Waals surface area contributed by atoms with Crippen LogP contribution in [0.1, 0.15) is 24.4 Å². The topological polar surface area (TPSA) is 34.0 Å². The highest BCUT2D eigenvalue weighted by Crippen LogP contribution is 2.29. The van der Waals surface area contributed by atoms with Crippen molar-refractivity contribution in [2.75, 3.05) is 14.1 Å². The number of aromatic nitrogens is 3. The minimum Gasteiger partial charge on any atom is -0.303 e. The molecule has 0 unspecified atom stereocenters. The van der Waals surface area contributed by atoms with E-state index in [4.69, 9.17) is 0 Å². The number of halogens is 3. The van der Waals surface area contributed by atoms with Crippen molar-refractivity contribution in [3.63, 3.8) is 0 Å². The zero-order chi connectivity index (χ0) is 15.8. The lowest BCUT2D eigenvalue weighted by atomic mass is 10.1. The summed E-state index contributed by atoms with van der Waals surface area (Å²) < 4.78 is 39.0. The predicted molar refractivity (Wildman–Crippen MR) is 73.5 cm³/mol. The molecule has 1 aromatic heterocycles. The van der Waals surface area contributed by atoms with E-state index in [-0.39, 0.29) is 11.9 Å². The summed E-state index contributed by atoms with van der Waals surface area (Å²) in [5.41, 5.74) is 1.69. The van der Waals surface area contributed by atoms with Crippen LogP contribution in [0.5, 0.6) is 0 Å². The standard InChI is InChI=1S/C14H17F3N4/c1-9(20(2)3)10-5-7-11(8-6-10)12-18-13(14(15,16)17)19-21(12)4/h5-9H,1-4H3/t9-/m0/s1. The smallest absolute Gasteiger partial charge is 0.303 e. The summed E-state index contributed by atoms with van der Waals surface area (Å²) >= 11 is 0. The van der Waals surface area contributed by atoms with Crippen molar-refractivity contribution in [3.05, 3.63) is 35.7 Å². The lowest BCUT2D eigenvalue weighted by Crippen LogP contribution is -2.16. The Kier molecular flexibility index (Phi) is 4.04. The third kappa shape index (κ3) is 3.24. The minimum atomic E-state index is -4.53. The maximum absolute atomic E-state index is 12.6. The molecule has 21 heavy (non-hydrogen) atoms. The van der Waals surface area contributed by atoms with Crippen LogP contribution in [0, 0.1) is 0 Å². The minimum absolute atomic E-state index is 0.200. The van der Waals surface area contributed by atoms with E-state index in [2.05, 4.69) is 21.9 Å². The van der Waals surface area contributed by atoms with Crippen molar-refractivity contribution in [1.82, 2.24) is 19.7 Å². The average molecular weight is 298 g/mol. The fourth-order valence-corrected chi connectivity index (χ4v) is 1.96. The van der Waals surface area contributed by atoms with Crippen LogP contribution >= 0.6 is 0 Å². The van der Waals surface area contributed by atoms with E-state index in [1.54, 1.807) is 12.1 Å². The Hall–Kier alpha value is -1.89. The Morgan fingerprint density at radius 1 is 1.14 bits per heavy atom. The van der Waals surface area contributed by atoms with Gasteiger partial charge in [0.05, 0.1) is 0 Å². The number of hydrogen-bond acceptors (Lipinski definition) is 3. The van der Waals surface area contributed by atoms with E-state index in [1.165, 1.54) is 7.05 Å². The average Bonchev–Trinajstić information content (AvgIpc) is 2.80. The summed E-state index contributed by atoms with van der Waals surface area (Å²) in [5.74, 6) is -0.919. The molecule has 2 rings (SSSR count). The van der Waals surface area contributed by atoms with Crippen LogP contribution in [-0.2, 0) is 13.2 Å². The second-order valence-corrected chi connectivity index (χ2v) is 5.14. The maximum atomic E-state index is 12.6. The van der Waals surface area contributed by atoms with Crippen LogP contribution in [-0.4, -0.2) is 33.8 Å². The maximum Gasteiger partial charge on any atom is 0.453 e. The van der Waals surface area contributed by atoms with Crippen molar-refractivity contribution >= 4 is 0 Å². The van der Waals surface area contributed by atoms with Gasteiger partial charge in [-0.2, -0.15) is 13.2 Å². The van der Waals surface area contributed by atoms with Crippen LogP contribution in [0.25, 0.3) is 11.4 Å². The molecular weight excluding hydrogens is 281 g/mol. The summed E-state index contributed by atoms with van der Waals surface area (Å²) in [7, 11) is 5.39. The normalized spacial score (nSPS) is 13.7. The molecule has 0 aliphatic rings. The van der Waals surface area contributed by atoms with Crippen molar-refractivity contribution in [2.45, 2.75) is 19.1 Å². The van der Waals surface area contributed by atoms with E-state index in [0.29, 0.717) is 5.56 Å². The molecule has 0 aliphatic heterocycles. The number of hydrogen-bond donors (Lipinski definition) is 0. The van der Waals surface area contributed by atoms with Crippen molar-refractivity contribution in [2.24, 2.45) is 7.05 Å². The number of nitrogens with zero attached hydrogens (tertiary/aromatic N) is 4. The quantitative estimate of drug-likeness (QED) is 0.873. The molecule has 0 bridgehead atoms. The fraction of sp³-hybridized carbons (Fsp3) is 0.429. The molecule has 1 heterocycles. The van der Waals surface area contributed by atoms with Gasteiger partial charge in [-0.05, 0) is 26.6 Å². The molecule has 0 fully saturated rings. The van der Waals surface area contributed by atoms with Gasteiger partial charge in [0, 0.05) is 18.7 Å². The molecule has 4 nitrogen and oxygen atoms in total. The first-order chi connectivity index (χ1) is 9.70. The van der Waals surface area contributed by atoms with Gasteiger partial charge in [0.25, 0.3) is 5.82 Å². The highest BCUT2D eigenvalue weighted by atomic mass is 19.4. The summed E-state index contributed by atoms with van der Waals surface area (Å²) in [4.78, 5) is 5.63. The van der Waals surface area contributed by atoms with E-state index in [9.17, 15) is 13.2 Å². The monoisotopic (exact) mass is 298 g/mol. The predicted octanol–water partition coefficient (Wildman–Crippen LogP) is 3.12.